The second kappa shape index (κ2) is 5.61. The molecule has 7 nitrogen and oxygen atoms in total. The molecule has 3 N–H and O–H groups in total. The number of rotatable bonds is 4. The van der Waals surface area contributed by atoms with Gasteiger partial charge < -0.3 is 11.1 Å². The molecule has 1 aliphatic heterocycles. The van der Waals surface area contributed by atoms with Crippen LogP contribution in [0.15, 0.2) is 23.1 Å². The monoisotopic (exact) mass is 339 g/mol. The van der Waals surface area contributed by atoms with Crippen molar-refractivity contribution in [3.63, 3.8) is 0 Å². The van der Waals surface area contributed by atoms with E-state index in [1.165, 1.54) is 18.2 Å². The van der Waals surface area contributed by atoms with Crippen molar-refractivity contribution in [3.05, 3.63) is 29.3 Å². The number of hydrogen-bond donors (Lipinski definition) is 2. The first-order valence-electron chi connectivity index (χ1n) is 7.26. The molecule has 0 fully saturated rings. The van der Waals surface area contributed by atoms with Crippen molar-refractivity contribution in [2.24, 2.45) is 5.73 Å². The van der Waals surface area contributed by atoms with Gasteiger partial charge in [-0.05, 0) is 45.9 Å². The second-order valence-electron chi connectivity index (χ2n) is 6.45. The molecule has 1 aliphatic rings. The van der Waals surface area contributed by atoms with Gasteiger partial charge in [-0.15, -0.1) is 0 Å². The van der Waals surface area contributed by atoms with E-state index in [1.54, 1.807) is 27.7 Å². The average molecular weight is 339 g/mol. The summed E-state index contributed by atoms with van der Waals surface area (Å²) in [6, 6.07) is 3.57. The molecule has 0 aromatic heterocycles. The lowest BCUT2D eigenvalue weighted by molar-refractivity contribution is 0.0844. The Kier molecular flexibility index (Phi) is 4.25. The zero-order valence-corrected chi connectivity index (χ0v) is 14.4. The predicted molar refractivity (Wildman–Crippen MR) is 85.5 cm³/mol. The van der Waals surface area contributed by atoms with E-state index in [4.69, 9.17) is 5.73 Å². The molecule has 0 atom stereocenters. The Labute approximate surface area is 135 Å². The van der Waals surface area contributed by atoms with Gasteiger partial charge in [0.15, 0.2) is 0 Å². The molecule has 0 saturated heterocycles. The van der Waals surface area contributed by atoms with E-state index in [1.807, 2.05) is 0 Å². The lowest BCUT2D eigenvalue weighted by Gasteiger charge is -2.24. The fraction of sp³-hybridized carbons (Fsp3) is 0.467. The number of nitrogens with two attached hydrogens (primary N) is 1. The topological polar surface area (TPSA) is 110 Å². The summed E-state index contributed by atoms with van der Waals surface area (Å²) in [5.74, 6) is -1.00. The maximum Gasteiger partial charge on any atom is 0.269 e. The van der Waals surface area contributed by atoms with Crippen molar-refractivity contribution in [2.75, 3.05) is 6.54 Å². The first-order valence-corrected chi connectivity index (χ1v) is 8.70. The Morgan fingerprint density at radius 1 is 1.35 bits per heavy atom. The molecule has 0 bridgehead atoms. The van der Waals surface area contributed by atoms with Crippen LogP contribution in [0.3, 0.4) is 0 Å². The van der Waals surface area contributed by atoms with Gasteiger partial charge in [0.2, 0.25) is 0 Å². The maximum absolute atomic E-state index is 12.5. The number of carbonyl (C=O) groups excluding carboxylic acids is 2. The van der Waals surface area contributed by atoms with Crippen LogP contribution in [0, 0.1) is 0 Å². The van der Waals surface area contributed by atoms with Crippen molar-refractivity contribution in [1.29, 1.82) is 0 Å². The van der Waals surface area contributed by atoms with E-state index in [0.717, 1.165) is 4.31 Å². The fourth-order valence-corrected chi connectivity index (χ4v) is 4.12. The van der Waals surface area contributed by atoms with Crippen molar-refractivity contribution in [1.82, 2.24) is 9.62 Å². The smallest absolute Gasteiger partial charge is 0.269 e. The number of benzene rings is 1. The molecule has 0 aliphatic carbocycles. The molecular weight excluding hydrogens is 318 g/mol. The fourth-order valence-electron chi connectivity index (χ4n) is 2.33. The quantitative estimate of drug-likeness (QED) is 0.839. The van der Waals surface area contributed by atoms with E-state index in [9.17, 15) is 18.0 Å². The Hall–Kier alpha value is -1.93. The lowest BCUT2D eigenvalue weighted by Crippen LogP contribution is -2.48. The third kappa shape index (κ3) is 2.96. The van der Waals surface area contributed by atoms with Crippen molar-refractivity contribution in [3.8, 4) is 0 Å². The first-order chi connectivity index (χ1) is 10.5. The van der Waals surface area contributed by atoms with E-state index >= 15 is 0 Å². The third-order valence-corrected chi connectivity index (χ3v) is 5.64. The van der Waals surface area contributed by atoms with Gasteiger partial charge in [0.05, 0.1) is 5.56 Å². The van der Waals surface area contributed by atoms with Crippen LogP contribution in [0.1, 0.15) is 48.4 Å². The lowest BCUT2D eigenvalue weighted by atomic mass is 10.0. The molecule has 23 heavy (non-hydrogen) atoms. The summed E-state index contributed by atoms with van der Waals surface area (Å²) in [6.45, 7) is 7.01. The Bertz CT molecular complexity index is 769. The van der Waals surface area contributed by atoms with E-state index in [-0.39, 0.29) is 22.6 Å². The molecule has 126 valence electrons. The van der Waals surface area contributed by atoms with E-state index in [2.05, 4.69) is 5.32 Å². The SMILES string of the molecule is CC(C)N1C(=O)c2ccc(C(=O)NC(C)(C)CN)cc2S1(=O)=O. The summed E-state index contributed by atoms with van der Waals surface area (Å²) in [4.78, 5) is 24.4. The summed E-state index contributed by atoms with van der Waals surface area (Å²) in [6.07, 6.45) is 0. The van der Waals surface area contributed by atoms with Gasteiger partial charge in [-0.2, -0.15) is 0 Å². The summed E-state index contributed by atoms with van der Waals surface area (Å²) >= 11 is 0. The normalized spacial score (nSPS) is 16.6. The number of hydrogen-bond acceptors (Lipinski definition) is 5. The van der Waals surface area contributed by atoms with Crippen LogP contribution < -0.4 is 11.1 Å². The summed E-state index contributed by atoms with van der Waals surface area (Å²) in [7, 11) is -3.92. The molecule has 0 unspecified atom stereocenters. The number of carbonyl (C=O) groups is 2. The number of nitrogens with one attached hydrogen (secondary N) is 1. The molecule has 0 radical (unpaired) electrons. The molecule has 2 amide bonds. The Morgan fingerprint density at radius 2 is 1.96 bits per heavy atom. The van der Waals surface area contributed by atoms with Crippen LogP contribution >= 0.6 is 0 Å². The van der Waals surface area contributed by atoms with E-state index in [0.29, 0.717) is 0 Å². The molecule has 8 heteroatoms. The molecule has 1 heterocycles. The Morgan fingerprint density at radius 3 is 2.48 bits per heavy atom. The summed E-state index contributed by atoms with van der Waals surface area (Å²) in [5.41, 5.74) is 5.22. The number of sulfonamides is 1. The van der Waals surface area contributed by atoms with Crippen LogP contribution in [-0.2, 0) is 10.0 Å². The third-order valence-electron chi connectivity index (χ3n) is 3.64. The second-order valence-corrected chi connectivity index (χ2v) is 8.24. The largest absolute Gasteiger partial charge is 0.346 e. The van der Waals surface area contributed by atoms with Gasteiger partial charge in [0, 0.05) is 23.7 Å². The molecular formula is C15H21N3O4S. The number of fused-ring (bicyclic) bond motifs is 1. The van der Waals surface area contributed by atoms with Gasteiger partial charge in [-0.25, -0.2) is 12.7 Å². The van der Waals surface area contributed by atoms with Crippen molar-refractivity contribution >= 4 is 21.8 Å². The van der Waals surface area contributed by atoms with Crippen LogP contribution in [-0.4, -0.2) is 42.7 Å². The zero-order chi connectivity index (χ0) is 17.6. The standard InChI is InChI=1S/C15H21N3O4S/c1-9(2)18-14(20)11-6-5-10(7-12(11)23(18,21)22)13(19)17-15(3,4)8-16/h5-7,9H,8,16H2,1-4H3,(H,17,19). The minimum atomic E-state index is -3.92. The molecule has 2 rings (SSSR count). The minimum Gasteiger partial charge on any atom is -0.346 e. The number of amides is 2. The first kappa shape index (κ1) is 17.4. The highest BCUT2D eigenvalue weighted by molar-refractivity contribution is 7.90. The van der Waals surface area contributed by atoms with Gasteiger partial charge in [0.1, 0.15) is 4.90 Å². The molecule has 1 aromatic rings. The predicted octanol–water partition coefficient (Wildman–Crippen LogP) is 0.707. The van der Waals surface area contributed by atoms with Crippen molar-refractivity contribution in [2.45, 2.75) is 44.2 Å². The zero-order valence-electron chi connectivity index (χ0n) is 13.6. The van der Waals surface area contributed by atoms with Gasteiger partial charge in [-0.3, -0.25) is 9.59 Å². The average Bonchev–Trinajstić information content (AvgIpc) is 2.65. The van der Waals surface area contributed by atoms with Crippen LogP contribution in [0.5, 0.6) is 0 Å². The van der Waals surface area contributed by atoms with Gasteiger partial charge in [0.25, 0.3) is 21.8 Å². The van der Waals surface area contributed by atoms with Crippen LogP contribution in [0.25, 0.3) is 0 Å². The summed E-state index contributed by atoms with van der Waals surface area (Å²) < 4.78 is 25.8. The highest BCUT2D eigenvalue weighted by Crippen LogP contribution is 2.32. The highest BCUT2D eigenvalue weighted by atomic mass is 32.2. The van der Waals surface area contributed by atoms with Crippen molar-refractivity contribution < 1.29 is 18.0 Å². The molecule has 0 spiro atoms. The maximum atomic E-state index is 12.5. The number of nitrogens with zero attached hydrogens (tertiary/aromatic N) is 1. The van der Waals surface area contributed by atoms with Gasteiger partial charge >= 0.3 is 0 Å². The minimum absolute atomic E-state index is 0.0911. The molecule has 0 saturated carbocycles. The van der Waals surface area contributed by atoms with E-state index < -0.39 is 33.4 Å². The van der Waals surface area contributed by atoms with Gasteiger partial charge in [-0.1, -0.05) is 0 Å². The molecule has 1 aromatic carbocycles. The highest BCUT2D eigenvalue weighted by Gasteiger charge is 2.43. The van der Waals surface area contributed by atoms with Crippen LogP contribution in [0.4, 0.5) is 0 Å². The van der Waals surface area contributed by atoms with Crippen LogP contribution in [0.2, 0.25) is 0 Å². The Balaban J connectivity index is 2.45. The summed E-state index contributed by atoms with van der Waals surface area (Å²) in [5, 5.41) is 2.73.